The number of hydrogen-bond acceptors (Lipinski definition) is 6. The number of aromatic nitrogens is 4. The monoisotopic (exact) mass is 382 g/mol. The van der Waals surface area contributed by atoms with Crippen LogP contribution in [0.4, 0.5) is 5.95 Å². The number of carbonyl (C=O) groups is 1. The molecule has 1 atom stereocenters. The van der Waals surface area contributed by atoms with Crippen LogP contribution in [0.25, 0.3) is 16.6 Å². The van der Waals surface area contributed by atoms with Crippen LogP contribution in [0.15, 0.2) is 24.3 Å². The van der Waals surface area contributed by atoms with E-state index in [-0.39, 0.29) is 24.5 Å². The highest BCUT2D eigenvalue weighted by molar-refractivity contribution is 5.92. The number of methoxy groups -OCH3 is 1. The van der Waals surface area contributed by atoms with Gasteiger partial charge in [0.05, 0.1) is 5.52 Å². The summed E-state index contributed by atoms with van der Waals surface area (Å²) in [7, 11) is 1.55. The number of anilines is 1. The predicted octanol–water partition coefficient (Wildman–Crippen LogP) is 2.08. The van der Waals surface area contributed by atoms with Crippen molar-refractivity contribution < 1.29 is 9.53 Å². The van der Waals surface area contributed by atoms with Crippen LogP contribution in [0.1, 0.15) is 32.5 Å². The van der Waals surface area contributed by atoms with E-state index < -0.39 is 0 Å². The van der Waals surface area contributed by atoms with Gasteiger partial charge in [0.1, 0.15) is 12.4 Å². The fraction of sp³-hybridized carbons (Fsp3) is 0.500. The molecule has 3 aromatic rings. The van der Waals surface area contributed by atoms with Gasteiger partial charge in [-0.25, -0.2) is 9.38 Å². The first-order valence-electron chi connectivity index (χ1n) is 9.68. The van der Waals surface area contributed by atoms with Crippen LogP contribution >= 0.6 is 0 Å². The van der Waals surface area contributed by atoms with Crippen molar-refractivity contribution in [2.45, 2.75) is 32.7 Å². The van der Waals surface area contributed by atoms with Gasteiger partial charge in [0.2, 0.25) is 11.9 Å². The number of benzene rings is 1. The number of carbonyl (C=O) groups excluding carboxylic acids is 1. The van der Waals surface area contributed by atoms with Crippen LogP contribution in [-0.2, 0) is 9.53 Å². The van der Waals surface area contributed by atoms with Crippen molar-refractivity contribution in [2.24, 2.45) is 0 Å². The van der Waals surface area contributed by atoms with Crippen LogP contribution in [0, 0.1) is 0 Å². The van der Waals surface area contributed by atoms with Gasteiger partial charge in [0.15, 0.2) is 5.65 Å². The van der Waals surface area contributed by atoms with Gasteiger partial charge in [-0.05, 0) is 19.1 Å². The average molecular weight is 382 g/mol. The molecular formula is C20H26N6O2. The summed E-state index contributed by atoms with van der Waals surface area (Å²) in [5.74, 6) is 1.99. The van der Waals surface area contributed by atoms with E-state index >= 15 is 0 Å². The molecule has 1 amide bonds. The molecule has 0 N–H and O–H groups in total. The lowest BCUT2D eigenvalue weighted by molar-refractivity contribution is -0.137. The number of fused-ring (bicyclic) bond motifs is 3. The fourth-order valence-electron chi connectivity index (χ4n) is 3.89. The summed E-state index contributed by atoms with van der Waals surface area (Å²) in [6.45, 7) is 8.44. The Kier molecular flexibility index (Phi) is 4.89. The number of para-hydroxylation sites is 1. The maximum Gasteiger partial charge on any atom is 0.248 e. The Hall–Kier alpha value is -2.74. The van der Waals surface area contributed by atoms with Crippen molar-refractivity contribution in [3.05, 3.63) is 30.1 Å². The molecule has 3 heterocycles. The Morgan fingerprint density at radius 2 is 2.04 bits per heavy atom. The second-order valence-corrected chi connectivity index (χ2v) is 7.62. The molecule has 28 heavy (non-hydrogen) atoms. The lowest BCUT2D eigenvalue weighted by Crippen LogP contribution is -2.55. The second-order valence-electron chi connectivity index (χ2n) is 7.62. The van der Waals surface area contributed by atoms with E-state index in [0.29, 0.717) is 19.6 Å². The topological polar surface area (TPSA) is 75.9 Å². The van der Waals surface area contributed by atoms with Crippen molar-refractivity contribution in [1.82, 2.24) is 24.5 Å². The summed E-state index contributed by atoms with van der Waals surface area (Å²) in [5, 5.41) is 9.92. The zero-order valence-electron chi connectivity index (χ0n) is 16.8. The summed E-state index contributed by atoms with van der Waals surface area (Å²) < 4.78 is 7.09. The number of rotatable bonds is 4. The minimum Gasteiger partial charge on any atom is -0.375 e. The third kappa shape index (κ3) is 3.07. The first-order valence-corrected chi connectivity index (χ1v) is 9.68. The number of hydrogen-bond donors (Lipinski definition) is 0. The van der Waals surface area contributed by atoms with Gasteiger partial charge in [-0.1, -0.05) is 26.0 Å². The van der Waals surface area contributed by atoms with Crippen molar-refractivity contribution in [2.75, 3.05) is 38.3 Å². The first-order chi connectivity index (χ1) is 13.5. The van der Waals surface area contributed by atoms with E-state index in [1.54, 1.807) is 7.11 Å². The van der Waals surface area contributed by atoms with Crippen LogP contribution in [0.3, 0.4) is 0 Å². The molecule has 0 aliphatic carbocycles. The molecule has 1 aromatic carbocycles. The minimum atomic E-state index is 0.0263. The minimum absolute atomic E-state index is 0.0263. The molecule has 8 heteroatoms. The molecule has 148 valence electrons. The van der Waals surface area contributed by atoms with Gasteiger partial charge in [-0.3, -0.25) is 4.79 Å². The Morgan fingerprint density at radius 1 is 1.25 bits per heavy atom. The summed E-state index contributed by atoms with van der Waals surface area (Å²) in [5.41, 5.74) is 1.73. The fourth-order valence-corrected chi connectivity index (χ4v) is 3.89. The van der Waals surface area contributed by atoms with Crippen LogP contribution < -0.4 is 4.90 Å². The molecule has 0 unspecified atom stereocenters. The zero-order chi connectivity index (χ0) is 19.8. The van der Waals surface area contributed by atoms with Gasteiger partial charge >= 0.3 is 0 Å². The third-order valence-electron chi connectivity index (χ3n) is 5.27. The molecule has 1 saturated heterocycles. The molecule has 0 radical (unpaired) electrons. The van der Waals surface area contributed by atoms with Gasteiger partial charge in [0.25, 0.3) is 0 Å². The maximum atomic E-state index is 12.3. The van der Waals surface area contributed by atoms with Crippen molar-refractivity contribution in [1.29, 1.82) is 0 Å². The molecule has 0 spiro atoms. The molecular weight excluding hydrogens is 356 g/mol. The van der Waals surface area contributed by atoms with Crippen molar-refractivity contribution in [3.8, 4) is 0 Å². The van der Waals surface area contributed by atoms with Crippen molar-refractivity contribution in [3.63, 3.8) is 0 Å². The molecule has 2 aromatic heterocycles. The van der Waals surface area contributed by atoms with E-state index in [1.807, 2.05) is 29.2 Å². The van der Waals surface area contributed by atoms with E-state index in [4.69, 9.17) is 9.72 Å². The number of ether oxygens (including phenoxy) is 1. The molecule has 4 rings (SSSR count). The lowest BCUT2D eigenvalue weighted by atomic mass is 10.2. The molecule has 0 bridgehead atoms. The Labute approximate surface area is 164 Å². The van der Waals surface area contributed by atoms with E-state index in [1.165, 1.54) is 0 Å². The summed E-state index contributed by atoms with van der Waals surface area (Å²) in [6, 6.07) is 8.09. The highest BCUT2D eigenvalue weighted by atomic mass is 16.5. The normalized spacial score (nSPS) is 17.8. The highest BCUT2D eigenvalue weighted by Gasteiger charge is 2.30. The smallest absolute Gasteiger partial charge is 0.248 e. The Bertz CT molecular complexity index is 1010. The molecule has 8 nitrogen and oxygen atoms in total. The summed E-state index contributed by atoms with van der Waals surface area (Å²) in [6.07, 6.45) is 0. The van der Waals surface area contributed by atoms with Crippen LogP contribution in [-0.4, -0.2) is 69.8 Å². The Balaban J connectivity index is 1.77. The van der Waals surface area contributed by atoms with Gasteiger partial charge < -0.3 is 14.5 Å². The van der Waals surface area contributed by atoms with Crippen molar-refractivity contribution >= 4 is 28.4 Å². The molecule has 1 aliphatic rings. The van der Waals surface area contributed by atoms with Gasteiger partial charge in [-0.15, -0.1) is 10.2 Å². The Morgan fingerprint density at radius 3 is 2.75 bits per heavy atom. The standard InChI is InChI=1S/C20H26N6O2/c1-13(2)18-22-23-19-15-7-5-6-8-16(15)21-20(26(18)19)24-9-10-25(14(3)11-24)17(27)12-28-4/h5-8,13-14H,9-12H2,1-4H3/t14-/m0/s1. The predicted molar refractivity (Wildman–Crippen MR) is 108 cm³/mol. The SMILES string of the molecule is COCC(=O)N1CCN(c2nc3ccccc3c3nnc(C(C)C)n23)C[C@@H]1C. The van der Waals surface area contributed by atoms with Gasteiger partial charge in [-0.2, -0.15) is 0 Å². The zero-order valence-corrected chi connectivity index (χ0v) is 16.8. The third-order valence-corrected chi connectivity index (χ3v) is 5.27. The second kappa shape index (κ2) is 7.35. The number of piperazine rings is 1. The number of nitrogens with zero attached hydrogens (tertiary/aromatic N) is 6. The van der Waals surface area contributed by atoms with E-state index in [9.17, 15) is 4.79 Å². The first kappa shape index (κ1) is 18.6. The summed E-state index contributed by atoms with van der Waals surface area (Å²) >= 11 is 0. The quantitative estimate of drug-likeness (QED) is 0.688. The van der Waals surface area contributed by atoms with E-state index in [0.717, 1.165) is 28.3 Å². The molecule has 1 fully saturated rings. The largest absolute Gasteiger partial charge is 0.375 e. The molecule has 1 aliphatic heterocycles. The van der Waals surface area contributed by atoms with Crippen LogP contribution in [0.2, 0.25) is 0 Å². The summed E-state index contributed by atoms with van der Waals surface area (Å²) in [4.78, 5) is 21.4. The van der Waals surface area contributed by atoms with Gasteiger partial charge in [0, 0.05) is 44.1 Å². The number of amides is 1. The highest BCUT2D eigenvalue weighted by Crippen LogP contribution is 2.28. The van der Waals surface area contributed by atoms with E-state index in [2.05, 4.69) is 40.3 Å². The maximum absolute atomic E-state index is 12.3. The van der Waals surface area contributed by atoms with Crippen LogP contribution in [0.5, 0.6) is 0 Å². The average Bonchev–Trinajstić information content (AvgIpc) is 3.13. The molecule has 0 saturated carbocycles. The lowest BCUT2D eigenvalue weighted by Gasteiger charge is -2.40.